The molecule has 2 aliphatic rings. The Morgan fingerprint density at radius 3 is 3.23 bits per heavy atom. The van der Waals surface area contributed by atoms with Crippen LogP contribution >= 0.6 is 0 Å². The minimum atomic E-state index is 0.445. The number of nitrogens with one attached hydrogen (secondary N) is 1. The molecular formula is C10H16N3. The van der Waals surface area contributed by atoms with Gasteiger partial charge in [-0.15, -0.1) is 0 Å². The van der Waals surface area contributed by atoms with Crippen LogP contribution in [0.25, 0.3) is 0 Å². The van der Waals surface area contributed by atoms with Gasteiger partial charge in [-0.2, -0.15) is 0 Å². The van der Waals surface area contributed by atoms with E-state index in [2.05, 4.69) is 34.7 Å². The highest BCUT2D eigenvalue weighted by Gasteiger charge is 2.24. The van der Waals surface area contributed by atoms with E-state index in [9.17, 15) is 0 Å². The third kappa shape index (κ3) is 2.10. The van der Waals surface area contributed by atoms with Crippen molar-refractivity contribution >= 4 is 6.34 Å². The summed E-state index contributed by atoms with van der Waals surface area (Å²) in [5.41, 5.74) is 0. The van der Waals surface area contributed by atoms with Crippen LogP contribution in [0.5, 0.6) is 0 Å². The van der Waals surface area contributed by atoms with E-state index in [0.717, 1.165) is 5.92 Å². The summed E-state index contributed by atoms with van der Waals surface area (Å²) in [6.45, 7) is 2.43. The Balaban J connectivity index is 1.92. The Morgan fingerprint density at radius 1 is 1.62 bits per heavy atom. The normalized spacial score (nSPS) is 34.5. The first-order valence-electron chi connectivity index (χ1n) is 4.92. The van der Waals surface area contributed by atoms with E-state index in [1.54, 1.807) is 0 Å². The van der Waals surface area contributed by atoms with Crippen molar-refractivity contribution in [2.24, 2.45) is 10.9 Å². The zero-order valence-corrected chi connectivity index (χ0v) is 8.03. The topological polar surface area (TPSA) is 27.6 Å². The van der Waals surface area contributed by atoms with Gasteiger partial charge in [-0.25, -0.2) is 4.99 Å². The molecule has 1 radical (unpaired) electrons. The first kappa shape index (κ1) is 8.75. The Labute approximate surface area is 79.5 Å². The maximum absolute atomic E-state index is 3.89. The monoisotopic (exact) mass is 178 g/mol. The van der Waals surface area contributed by atoms with Gasteiger partial charge in [0.1, 0.15) is 0 Å². The highest BCUT2D eigenvalue weighted by atomic mass is 15.1. The van der Waals surface area contributed by atoms with Crippen molar-refractivity contribution < 1.29 is 0 Å². The highest BCUT2D eigenvalue weighted by molar-refractivity contribution is 5.57. The summed E-state index contributed by atoms with van der Waals surface area (Å²) in [5.74, 6) is 0.720. The average molecular weight is 178 g/mol. The molecule has 1 fully saturated rings. The third-order valence-electron chi connectivity index (χ3n) is 2.83. The van der Waals surface area contributed by atoms with Gasteiger partial charge in [0.2, 0.25) is 0 Å². The lowest BCUT2D eigenvalue weighted by atomic mass is 9.90. The fourth-order valence-electron chi connectivity index (χ4n) is 2.11. The SMILES string of the molecule is CN1CCCC(C2C=CN=[C]N2)C1. The second-order valence-electron chi connectivity index (χ2n) is 3.92. The number of piperidine rings is 1. The molecule has 0 bridgehead atoms. The Morgan fingerprint density at radius 2 is 2.54 bits per heavy atom. The maximum Gasteiger partial charge on any atom is 0.169 e. The maximum atomic E-state index is 3.89. The Kier molecular flexibility index (Phi) is 2.64. The lowest BCUT2D eigenvalue weighted by molar-refractivity contribution is 0.194. The fourth-order valence-corrected chi connectivity index (χ4v) is 2.11. The van der Waals surface area contributed by atoms with Crippen LogP contribution in [0.4, 0.5) is 0 Å². The second kappa shape index (κ2) is 3.92. The highest BCUT2D eigenvalue weighted by Crippen LogP contribution is 2.19. The summed E-state index contributed by atoms with van der Waals surface area (Å²) < 4.78 is 0. The lowest BCUT2D eigenvalue weighted by Gasteiger charge is -2.34. The van der Waals surface area contributed by atoms with Gasteiger partial charge < -0.3 is 10.2 Å². The number of hydrogen-bond acceptors (Lipinski definition) is 3. The number of nitrogens with zero attached hydrogens (tertiary/aromatic N) is 2. The summed E-state index contributed by atoms with van der Waals surface area (Å²) in [6.07, 6.45) is 9.42. The summed E-state index contributed by atoms with van der Waals surface area (Å²) in [5, 5.41) is 3.18. The molecule has 0 aromatic carbocycles. The van der Waals surface area contributed by atoms with Crippen molar-refractivity contribution in [2.75, 3.05) is 20.1 Å². The van der Waals surface area contributed by atoms with Crippen molar-refractivity contribution in [3.63, 3.8) is 0 Å². The van der Waals surface area contributed by atoms with Crippen LogP contribution in [0.1, 0.15) is 12.8 Å². The van der Waals surface area contributed by atoms with Crippen LogP contribution in [-0.4, -0.2) is 37.4 Å². The summed E-state index contributed by atoms with van der Waals surface area (Å²) in [7, 11) is 2.19. The Hall–Kier alpha value is -0.830. The van der Waals surface area contributed by atoms with Crippen LogP contribution < -0.4 is 5.32 Å². The van der Waals surface area contributed by atoms with Crippen LogP contribution in [-0.2, 0) is 0 Å². The van der Waals surface area contributed by atoms with E-state index in [-0.39, 0.29) is 0 Å². The number of hydrogen-bond donors (Lipinski definition) is 1. The molecule has 0 amide bonds. The molecule has 2 atom stereocenters. The van der Waals surface area contributed by atoms with Crippen molar-refractivity contribution in [3.8, 4) is 0 Å². The van der Waals surface area contributed by atoms with Crippen molar-refractivity contribution in [3.05, 3.63) is 12.3 Å². The molecule has 1 saturated heterocycles. The van der Waals surface area contributed by atoms with Gasteiger partial charge in [0.25, 0.3) is 0 Å². The fraction of sp³-hybridized carbons (Fsp3) is 0.700. The molecule has 2 heterocycles. The molecule has 0 aromatic rings. The van der Waals surface area contributed by atoms with E-state index in [0.29, 0.717) is 6.04 Å². The van der Waals surface area contributed by atoms with Gasteiger partial charge in [0.15, 0.2) is 6.34 Å². The summed E-state index contributed by atoms with van der Waals surface area (Å²) in [4.78, 5) is 6.28. The van der Waals surface area contributed by atoms with Gasteiger partial charge in [0, 0.05) is 12.7 Å². The van der Waals surface area contributed by atoms with Gasteiger partial charge in [-0.05, 0) is 38.4 Å². The van der Waals surface area contributed by atoms with Gasteiger partial charge in [-0.3, -0.25) is 0 Å². The predicted octanol–water partition coefficient (Wildman–Crippen LogP) is 0.719. The minimum absolute atomic E-state index is 0.445. The number of aliphatic imine (C=N–C) groups is 1. The lowest BCUT2D eigenvalue weighted by Crippen LogP contribution is -2.43. The van der Waals surface area contributed by atoms with E-state index in [1.807, 2.05) is 6.20 Å². The molecule has 71 valence electrons. The molecule has 0 aromatic heterocycles. The molecule has 2 rings (SSSR count). The van der Waals surface area contributed by atoms with Gasteiger partial charge >= 0.3 is 0 Å². The summed E-state index contributed by atoms with van der Waals surface area (Å²) >= 11 is 0. The van der Waals surface area contributed by atoms with Crippen LogP contribution in [0, 0.1) is 5.92 Å². The molecule has 3 heteroatoms. The van der Waals surface area contributed by atoms with E-state index in [1.165, 1.54) is 25.9 Å². The quantitative estimate of drug-likeness (QED) is 0.640. The zero-order valence-electron chi connectivity index (χ0n) is 8.03. The average Bonchev–Trinajstić information content (AvgIpc) is 2.19. The van der Waals surface area contributed by atoms with Gasteiger partial charge in [-0.1, -0.05) is 0 Å². The first-order chi connectivity index (χ1) is 6.36. The molecule has 3 nitrogen and oxygen atoms in total. The molecule has 2 aliphatic heterocycles. The van der Waals surface area contributed by atoms with E-state index >= 15 is 0 Å². The van der Waals surface area contributed by atoms with E-state index < -0.39 is 0 Å². The molecule has 13 heavy (non-hydrogen) atoms. The second-order valence-corrected chi connectivity index (χ2v) is 3.92. The Bertz CT molecular complexity index is 222. The van der Waals surface area contributed by atoms with Crippen LogP contribution in [0.15, 0.2) is 17.3 Å². The van der Waals surface area contributed by atoms with Crippen LogP contribution in [0.3, 0.4) is 0 Å². The smallest absolute Gasteiger partial charge is 0.169 e. The minimum Gasteiger partial charge on any atom is -0.360 e. The van der Waals surface area contributed by atoms with E-state index in [4.69, 9.17) is 0 Å². The van der Waals surface area contributed by atoms with Gasteiger partial charge in [0.05, 0.1) is 6.04 Å². The third-order valence-corrected chi connectivity index (χ3v) is 2.83. The zero-order chi connectivity index (χ0) is 9.10. The van der Waals surface area contributed by atoms with Crippen molar-refractivity contribution in [2.45, 2.75) is 18.9 Å². The standard InChI is InChI=1S/C10H16N3/c1-13-6-2-3-9(7-13)10-4-5-11-8-12-10/h4-5,9-10H,2-3,6-7H2,1H3,(H,11,12). The molecule has 0 saturated carbocycles. The molecule has 1 N–H and O–H groups in total. The molecular weight excluding hydrogens is 162 g/mol. The molecule has 2 unspecified atom stereocenters. The van der Waals surface area contributed by atoms with Crippen molar-refractivity contribution in [1.29, 1.82) is 0 Å². The first-order valence-corrected chi connectivity index (χ1v) is 4.92. The predicted molar refractivity (Wildman–Crippen MR) is 53.7 cm³/mol. The largest absolute Gasteiger partial charge is 0.360 e. The summed E-state index contributed by atoms with van der Waals surface area (Å²) in [6, 6.07) is 0.445. The van der Waals surface area contributed by atoms with Crippen LogP contribution in [0.2, 0.25) is 0 Å². The molecule has 0 spiro atoms. The van der Waals surface area contributed by atoms with Crippen molar-refractivity contribution in [1.82, 2.24) is 10.2 Å². The molecule has 0 aliphatic carbocycles. The number of likely N-dealkylation sites (tertiary alicyclic amines) is 1. The number of rotatable bonds is 1.